The molecule has 1 nitrogen and oxygen atoms in total. The third-order valence-corrected chi connectivity index (χ3v) is 4.44. The number of thioether (sulfide) groups is 2. The number of ketones is 1. The third kappa shape index (κ3) is 5.99. The lowest BCUT2D eigenvalue weighted by Gasteiger charge is -2.18. The maximum Gasteiger partial charge on any atom is 0.446 e. The molecule has 0 amide bonds. The zero-order valence-electron chi connectivity index (χ0n) is 10.2. The van der Waals surface area contributed by atoms with E-state index in [9.17, 15) is 31.1 Å². The van der Waals surface area contributed by atoms with E-state index in [0.717, 1.165) is 25.1 Å². The van der Waals surface area contributed by atoms with Crippen LogP contribution in [0.2, 0.25) is 0 Å². The molecule has 0 N–H and O–H groups in total. The summed E-state index contributed by atoms with van der Waals surface area (Å²) in [5.41, 5.74) is -9.84. The molecule has 118 valence electrons. The van der Waals surface area contributed by atoms with Crippen molar-refractivity contribution in [2.75, 3.05) is 0 Å². The molecule has 1 atom stereocenters. The average molecular weight is 369 g/mol. The average Bonchev–Trinajstić information content (AvgIpc) is 2.26. The van der Waals surface area contributed by atoms with Crippen molar-refractivity contribution < 1.29 is 31.1 Å². The molecule has 0 aliphatic heterocycles. The number of rotatable bonds is 4. The van der Waals surface area contributed by atoms with Crippen molar-refractivity contribution >= 4 is 40.9 Å². The molecule has 0 aliphatic rings. The Bertz CT molecular complexity index is 528. The van der Waals surface area contributed by atoms with E-state index in [1.54, 1.807) is 0 Å². The number of halogens is 7. The van der Waals surface area contributed by atoms with Gasteiger partial charge in [-0.25, -0.2) is 0 Å². The van der Waals surface area contributed by atoms with Gasteiger partial charge in [0, 0.05) is 9.79 Å². The molecular weight excluding hydrogens is 362 g/mol. The third-order valence-electron chi connectivity index (χ3n) is 2.08. The Morgan fingerprint density at radius 1 is 1.10 bits per heavy atom. The molecule has 0 saturated heterocycles. The maximum absolute atomic E-state index is 12.5. The Morgan fingerprint density at radius 2 is 1.62 bits per heavy atom. The zero-order valence-corrected chi connectivity index (χ0v) is 12.6. The summed E-state index contributed by atoms with van der Waals surface area (Å²) in [7, 11) is 0. The quantitative estimate of drug-likeness (QED) is 0.381. The highest BCUT2D eigenvalue weighted by molar-refractivity contribution is 8.03. The summed E-state index contributed by atoms with van der Waals surface area (Å²) in [6.07, 6.45) is 0. The van der Waals surface area contributed by atoms with Gasteiger partial charge < -0.3 is 0 Å². The minimum atomic E-state index is -4.80. The van der Waals surface area contributed by atoms with Crippen LogP contribution in [0.1, 0.15) is 17.9 Å². The molecule has 0 saturated carbocycles. The summed E-state index contributed by atoms with van der Waals surface area (Å²) in [6.45, 7) is 1.04. The van der Waals surface area contributed by atoms with Crippen LogP contribution in [-0.2, 0) is 4.79 Å². The molecule has 10 heteroatoms. The first-order valence-electron chi connectivity index (χ1n) is 5.19. The standard InChI is InChI=1S/C11H7ClF6OS2/c1-5(19)8(12)6-3-2-4-7(20-10(13,14)15)9(6)21-11(16,17)18/h2-4,8H,1H3. The van der Waals surface area contributed by atoms with Crippen LogP contribution in [0.25, 0.3) is 0 Å². The Hall–Kier alpha value is -0.540. The number of Topliss-reactive ketones (excluding diaryl/α,β-unsaturated/α-hetero) is 1. The van der Waals surface area contributed by atoms with E-state index < -0.39 is 55.5 Å². The van der Waals surface area contributed by atoms with E-state index in [2.05, 4.69) is 0 Å². The van der Waals surface area contributed by atoms with E-state index in [1.807, 2.05) is 0 Å². The van der Waals surface area contributed by atoms with Gasteiger partial charge in [0.05, 0.1) is 0 Å². The number of carbonyl (C=O) groups is 1. The molecule has 0 bridgehead atoms. The Labute approximate surface area is 129 Å². The van der Waals surface area contributed by atoms with Gasteiger partial charge in [0.25, 0.3) is 0 Å². The lowest BCUT2D eigenvalue weighted by atomic mass is 10.1. The highest BCUT2D eigenvalue weighted by Gasteiger charge is 2.37. The summed E-state index contributed by atoms with van der Waals surface area (Å²) in [5.74, 6) is -0.658. The van der Waals surface area contributed by atoms with Crippen molar-refractivity contribution in [1.29, 1.82) is 0 Å². The molecule has 0 heterocycles. The topological polar surface area (TPSA) is 17.1 Å². The predicted molar refractivity (Wildman–Crippen MR) is 69.5 cm³/mol. The molecule has 1 aromatic rings. The molecule has 0 spiro atoms. The van der Waals surface area contributed by atoms with Gasteiger partial charge in [-0.3, -0.25) is 4.79 Å². The smallest absolute Gasteiger partial charge is 0.298 e. The summed E-state index contributed by atoms with van der Waals surface area (Å²) >= 11 is 4.30. The van der Waals surface area contributed by atoms with Gasteiger partial charge in [0.15, 0.2) is 5.78 Å². The molecule has 21 heavy (non-hydrogen) atoms. The van der Waals surface area contributed by atoms with Crippen LogP contribution in [0.4, 0.5) is 26.3 Å². The molecule has 0 aromatic heterocycles. The highest BCUT2D eigenvalue weighted by atomic mass is 35.5. The number of carbonyl (C=O) groups excluding carboxylic acids is 1. The monoisotopic (exact) mass is 368 g/mol. The van der Waals surface area contributed by atoms with Crippen molar-refractivity contribution in [3.8, 4) is 0 Å². The van der Waals surface area contributed by atoms with Crippen LogP contribution >= 0.6 is 35.1 Å². The second-order valence-electron chi connectivity index (χ2n) is 3.74. The lowest BCUT2D eigenvalue weighted by molar-refractivity contribution is -0.116. The summed E-state index contributed by atoms with van der Waals surface area (Å²) in [4.78, 5) is 9.86. The Kier molecular flexibility index (Phi) is 5.91. The van der Waals surface area contributed by atoms with Crippen molar-refractivity contribution in [3.05, 3.63) is 23.8 Å². The molecular formula is C11H7ClF6OS2. The fourth-order valence-electron chi connectivity index (χ4n) is 1.38. The minimum Gasteiger partial charge on any atom is -0.298 e. The molecule has 1 rings (SSSR count). The SMILES string of the molecule is CC(=O)C(Cl)c1cccc(SC(F)(F)F)c1SC(F)(F)F. The van der Waals surface area contributed by atoms with E-state index in [4.69, 9.17) is 11.6 Å². The number of hydrogen-bond donors (Lipinski definition) is 0. The maximum atomic E-state index is 12.5. The molecule has 1 unspecified atom stereocenters. The first kappa shape index (κ1) is 18.5. The molecule has 0 aliphatic carbocycles. The number of benzene rings is 1. The van der Waals surface area contributed by atoms with Crippen molar-refractivity contribution in [2.24, 2.45) is 0 Å². The van der Waals surface area contributed by atoms with Crippen molar-refractivity contribution in [3.63, 3.8) is 0 Å². The normalized spacial score (nSPS) is 14.1. The predicted octanol–water partition coefficient (Wildman–Crippen LogP) is 5.78. The van der Waals surface area contributed by atoms with E-state index in [0.29, 0.717) is 0 Å². The largest absolute Gasteiger partial charge is 0.446 e. The summed E-state index contributed by atoms with van der Waals surface area (Å²) < 4.78 is 74.9. The van der Waals surface area contributed by atoms with Gasteiger partial charge in [-0.15, -0.1) is 11.6 Å². The first-order chi connectivity index (χ1) is 9.41. The van der Waals surface area contributed by atoms with Crippen LogP contribution < -0.4 is 0 Å². The highest BCUT2D eigenvalue weighted by Crippen LogP contribution is 2.49. The lowest BCUT2D eigenvalue weighted by Crippen LogP contribution is -2.09. The summed E-state index contributed by atoms with van der Waals surface area (Å²) in [5, 5.41) is -1.44. The van der Waals surface area contributed by atoms with Gasteiger partial charge in [-0.2, -0.15) is 26.3 Å². The van der Waals surface area contributed by atoms with E-state index in [1.165, 1.54) is 0 Å². The van der Waals surface area contributed by atoms with Crippen LogP contribution in [0.3, 0.4) is 0 Å². The van der Waals surface area contributed by atoms with Gasteiger partial charge >= 0.3 is 11.0 Å². The zero-order chi connectivity index (χ0) is 16.4. The molecule has 0 radical (unpaired) electrons. The first-order valence-corrected chi connectivity index (χ1v) is 7.26. The Morgan fingerprint density at radius 3 is 2.05 bits per heavy atom. The van der Waals surface area contributed by atoms with E-state index >= 15 is 0 Å². The number of hydrogen-bond acceptors (Lipinski definition) is 3. The Balaban J connectivity index is 3.37. The minimum absolute atomic E-state index is 0.291. The molecule has 1 aromatic carbocycles. The molecule has 0 fully saturated rings. The van der Waals surface area contributed by atoms with Gasteiger partial charge in [0.2, 0.25) is 0 Å². The van der Waals surface area contributed by atoms with Gasteiger partial charge in [0.1, 0.15) is 5.38 Å². The van der Waals surface area contributed by atoms with Crippen LogP contribution in [0.5, 0.6) is 0 Å². The summed E-state index contributed by atoms with van der Waals surface area (Å²) in [6, 6.07) is 3.13. The van der Waals surface area contributed by atoms with Crippen LogP contribution in [-0.4, -0.2) is 16.8 Å². The fourth-order valence-corrected chi connectivity index (χ4v) is 3.19. The van der Waals surface area contributed by atoms with Crippen LogP contribution in [0, 0.1) is 0 Å². The van der Waals surface area contributed by atoms with E-state index in [-0.39, 0.29) is 5.56 Å². The number of alkyl halides is 7. The fraction of sp³-hybridized carbons (Fsp3) is 0.364. The van der Waals surface area contributed by atoms with Crippen molar-refractivity contribution in [1.82, 2.24) is 0 Å². The van der Waals surface area contributed by atoms with Crippen LogP contribution in [0.15, 0.2) is 28.0 Å². The van der Waals surface area contributed by atoms with Gasteiger partial charge in [-0.1, -0.05) is 12.1 Å². The second-order valence-corrected chi connectivity index (χ2v) is 6.36. The van der Waals surface area contributed by atoms with Gasteiger partial charge in [-0.05, 0) is 42.1 Å². The second kappa shape index (κ2) is 6.70. The van der Waals surface area contributed by atoms with Crippen molar-refractivity contribution in [2.45, 2.75) is 33.1 Å².